The first-order chi connectivity index (χ1) is 13.0. The van der Waals surface area contributed by atoms with Crippen molar-refractivity contribution < 1.29 is 14.0 Å². The summed E-state index contributed by atoms with van der Waals surface area (Å²) in [7, 11) is 0. The Labute approximate surface area is 161 Å². The fourth-order valence-corrected chi connectivity index (χ4v) is 3.55. The molecular formula is C21H19FN2O2S. The summed E-state index contributed by atoms with van der Waals surface area (Å²) in [6.07, 6.45) is 0.273. The largest absolute Gasteiger partial charge is 0.279 e. The maximum Gasteiger partial charge on any atom is 0.279 e. The summed E-state index contributed by atoms with van der Waals surface area (Å²) in [4.78, 5) is 25.6. The highest BCUT2D eigenvalue weighted by Gasteiger charge is 2.14. The van der Waals surface area contributed by atoms with E-state index >= 15 is 0 Å². The number of hydrazine groups is 1. The van der Waals surface area contributed by atoms with E-state index in [2.05, 4.69) is 10.9 Å². The highest BCUT2D eigenvalue weighted by Crippen LogP contribution is 2.28. The highest BCUT2D eigenvalue weighted by molar-refractivity contribution is 7.17. The molecule has 3 aromatic rings. The van der Waals surface area contributed by atoms with Crippen molar-refractivity contribution >= 4 is 23.2 Å². The second-order valence-corrected chi connectivity index (χ2v) is 7.27. The molecule has 0 radical (unpaired) electrons. The van der Waals surface area contributed by atoms with Crippen LogP contribution in [0, 0.1) is 5.82 Å². The lowest BCUT2D eigenvalue weighted by Gasteiger charge is -2.12. The maximum atomic E-state index is 13.0. The lowest BCUT2D eigenvalue weighted by molar-refractivity contribution is -0.122. The molecule has 1 heterocycles. The predicted octanol–water partition coefficient (Wildman–Crippen LogP) is 4.51. The molecule has 1 aromatic heterocycles. The number of carbonyl (C=O) groups excluding carboxylic acids is 2. The van der Waals surface area contributed by atoms with Crippen LogP contribution in [0.15, 0.2) is 66.7 Å². The Bertz CT molecular complexity index is 923. The lowest BCUT2D eigenvalue weighted by Crippen LogP contribution is -2.41. The minimum absolute atomic E-state index is 0.0509. The van der Waals surface area contributed by atoms with E-state index in [1.54, 1.807) is 24.3 Å². The number of carbonyl (C=O) groups is 2. The van der Waals surface area contributed by atoms with Crippen LogP contribution >= 0.6 is 11.3 Å². The van der Waals surface area contributed by atoms with Crippen molar-refractivity contribution in [3.05, 3.63) is 83.0 Å². The van der Waals surface area contributed by atoms with E-state index in [0.717, 1.165) is 16.0 Å². The molecule has 2 amide bonds. The molecule has 0 saturated carbocycles. The molecule has 4 nitrogen and oxygen atoms in total. The second-order valence-electron chi connectivity index (χ2n) is 6.19. The van der Waals surface area contributed by atoms with Crippen LogP contribution in [0.2, 0.25) is 0 Å². The van der Waals surface area contributed by atoms with Gasteiger partial charge in [0, 0.05) is 11.3 Å². The molecule has 0 saturated heterocycles. The quantitative estimate of drug-likeness (QED) is 0.638. The van der Waals surface area contributed by atoms with Gasteiger partial charge in [0.25, 0.3) is 5.91 Å². The second kappa shape index (κ2) is 8.60. The zero-order valence-electron chi connectivity index (χ0n) is 14.7. The van der Waals surface area contributed by atoms with Crippen molar-refractivity contribution in [3.8, 4) is 10.4 Å². The van der Waals surface area contributed by atoms with Gasteiger partial charge in [-0.05, 0) is 41.3 Å². The molecule has 0 aliphatic carbocycles. The number of amides is 2. The van der Waals surface area contributed by atoms with Crippen LogP contribution in [0.3, 0.4) is 0 Å². The van der Waals surface area contributed by atoms with Gasteiger partial charge >= 0.3 is 0 Å². The van der Waals surface area contributed by atoms with Crippen LogP contribution in [0.4, 0.5) is 4.39 Å². The molecule has 138 valence electrons. The molecule has 0 bridgehead atoms. The van der Waals surface area contributed by atoms with E-state index in [-0.39, 0.29) is 30.0 Å². The van der Waals surface area contributed by atoms with Gasteiger partial charge in [0.15, 0.2) is 0 Å². The molecule has 0 spiro atoms. The van der Waals surface area contributed by atoms with Crippen molar-refractivity contribution in [2.45, 2.75) is 19.3 Å². The molecule has 0 aliphatic rings. The van der Waals surface area contributed by atoms with E-state index in [4.69, 9.17) is 0 Å². The fourth-order valence-electron chi connectivity index (χ4n) is 2.65. The summed E-state index contributed by atoms with van der Waals surface area (Å²) in [5.41, 5.74) is 6.80. The minimum atomic E-state index is -0.380. The van der Waals surface area contributed by atoms with Gasteiger partial charge in [-0.3, -0.25) is 20.4 Å². The lowest BCUT2D eigenvalue weighted by atomic mass is 9.98. The molecule has 0 aliphatic heterocycles. The van der Waals surface area contributed by atoms with Gasteiger partial charge in [0.05, 0.1) is 4.88 Å². The number of rotatable bonds is 5. The normalized spacial score (nSPS) is 11.6. The zero-order chi connectivity index (χ0) is 19.2. The number of thiophene rings is 1. The summed E-state index contributed by atoms with van der Waals surface area (Å²) in [6.45, 7) is 1.96. The van der Waals surface area contributed by atoms with Gasteiger partial charge in [-0.2, -0.15) is 0 Å². The summed E-state index contributed by atoms with van der Waals surface area (Å²) in [6, 6.07) is 19.3. The maximum absolute atomic E-state index is 13.0. The Morgan fingerprint density at radius 3 is 2.37 bits per heavy atom. The van der Waals surface area contributed by atoms with E-state index in [1.165, 1.54) is 23.5 Å². The zero-order valence-corrected chi connectivity index (χ0v) is 15.6. The SMILES string of the molecule is CC(CC(=O)NNC(=O)c1ccc(-c2ccc(F)cc2)s1)c1ccccc1. The Hall–Kier alpha value is -2.99. The van der Waals surface area contributed by atoms with Gasteiger partial charge in [0.2, 0.25) is 5.91 Å². The van der Waals surface area contributed by atoms with Gasteiger partial charge < -0.3 is 0 Å². The number of nitrogens with one attached hydrogen (secondary N) is 2. The number of hydrogen-bond donors (Lipinski definition) is 2. The predicted molar refractivity (Wildman–Crippen MR) is 105 cm³/mol. The molecule has 1 unspecified atom stereocenters. The van der Waals surface area contributed by atoms with Gasteiger partial charge in [-0.25, -0.2) is 4.39 Å². The molecule has 0 fully saturated rings. The van der Waals surface area contributed by atoms with Crippen molar-refractivity contribution in [3.63, 3.8) is 0 Å². The van der Waals surface area contributed by atoms with E-state index < -0.39 is 0 Å². The Morgan fingerprint density at radius 2 is 1.67 bits per heavy atom. The van der Waals surface area contributed by atoms with Crippen molar-refractivity contribution in [1.82, 2.24) is 10.9 Å². The Morgan fingerprint density at radius 1 is 0.963 bits per heavy atom. The smallest absolute Gasteiger partial charge is 0.273 e. The molecule has 6 heteroatoms. The van der Waals surface area contributed by atoms with Crippen LogP contribution in [0.5, 0.6) is 0 Å². The standard InChI is InChI=1S/C21H19FN2O2S/c1-14(15-5-3-2-4-6-15)13-20(25)23-24-21(26)19-12-11-18(27-19)16-7-9-17(22)10-8-16/h2-12,14H,13H2,1H3,(H,23,25)(H,24,26). The van der Waals surface area contributed by atoms with Crippen LogP contribution in [-0.2, 0) is 4.79 Å². The topological polar surface area (TPSA) is 58.2 Å². The Balaban J connectivity index is 1.53. The van der Waals surface area contributed by atoms with Gasteiger partial charge in [-0.1, -0.05) is 49.4 Å². The van der Waals surface area contributed by atoms with E-state index in [9.17, 15) is 14.0 Å². The van der Waals surface area contributed by atoms with E-state index in [1.807, 2.05) is 37.3 Å². The van der Waals surface area contributed by atoms with Crippen molar-refractivity contribution in [2.24, 2.45) is 0 Å². The third-order valence-corrected chi connectivity index (χ3v) is 5.27. The first-order valence-electron chi connectivity index (χ1n) is 8.53. The molecule has 27 heavy (non-hydrogen) atoms. The number of hydrogen-bond acceptors (Lipinski definition) is 3. The molecule has 2 aromatic carbocycles. The highest BCUT2D eigenvalue weighted by atomic mass is 32.1. The van der Waals surface area contributed by atoms with Gasteiger partial charge in [-0.15, -0.1) is 11.3 Å². The summed E-state index contributed by atoms with van der Waals surface area (Å²) in [5.74, 6) is -0.889. The third kappa shape index (κ3) is 5.01. The summed E-state index contributed by atoms with van der Waals surface area (Å²) >= 11 is 1.28. The number of benzene rings is 2. The first kappa shape index (κ1) is 18.8. The fraction of sp³-hybridized carbons (Fsp3) is 0.143. The molecule has 3 rings (SSSR count). The van der Waals surface area contributed by atoms with Crippen molar-refractivity contribution in [1.29, 1.82) is 0 Å². The average molecular weight is 382 g/mol. The molecule has 1 atom stereocenters. The Kier molecular flexibility index (Phi) is 5.98. The monoisotopic (exact) mass is 382 g/mol. The van der Waals surface area contributed by atoms with E-state index in [0.29, 0.717) is 4.88 Å². The van der Waals surface area contributed by atoms with Crippen LogP contribution in [0.25, 0.3) is 10.4 Å². The van der Waals surface area contributed by atoms with Crippen molar-refractivity contribution in [2.75, 3.05) is 0 Å². The molecular weight excluding hydrogens is 363 g/mol. The van der Waals surface area contributed by atoms with Crippen LogP contribution in [-0.4, -0.2) is 11.8 Å². The first-order valence-corrected chi connectivity index (χ1v) is 9.34. The van der Waals surface area contributed by atoms with Gasteiger partial charge in [0.1, 0.15) is 5.82 Å². The third-order valence-electron chi connectivity index (χ3n) is 4.13. The summed E-state index contributed by atoms with van der Waals surface area (Å²) < 4.78 is 13.0. The average Bonchev–Trinajstić information content (AvgIpc) is 3.17. The van der Waals surface area contributed by atoms with Crippen LogP contribution < -0.4 is 10.9 Å². The number of halogens is 1. The minimum Gasteiger partial charge on any atom is -0.273 e. The van der Waals surface area contributed by atoms with Crippen LogP contribution in [0.1, 0.15) is 34.5 Å². The summed E-state index contributed by atoms with van der Waals surface area (Å²) in [5, 5.41) is 0. The molecule has 2 N–H and O–H groups in total.